The Morgan fingerprint density at radius 1 is 1.22 bits per heavy atom. The fourth-order valence-corrected chi connectivity index (χ4v) is 4.32. The number of benzene rings is 2. The van der Waals surface area contributed by atoms with Gasteiger partial charge in [-0.2, -0.15) is 0 Å². The molecule has 2 aromatic carbocycles. The number of carbonyl (C=O) groups is 1. The Labute approximate surface area is 157 Å². The fraction of sp³-hybridized carbons (Fsp3) is 0.316. The van der Waals surface area contributed by atoms with E-state index in [4.69, 9.17) is 0 Å². The molecule has 1 aliphatic heterocycles. The Bertz CT molecular complexity index is 945. The Balaban J connectivity index is 1.99. The molecule has 0 spiro atoms. The second-order valence-electron chi connectivity index (χ2n) is 6.79. The largest absolute Gasteiger partial charge is 0.478 e. The molecule has 2 aromatic rings. The van der Waals surface area contributed by atoms with Crippen LogP contribution in [0.4, 0.5) is 15.8 Å². The number of anilines is 2. The Hall–Kier alpha value is -2.61. The lowest BCUT2D eigenvalue weighted by Gasteiger charge is -2.34. The number of hydrogen-bond acceptors (Lipinski definition) is 4. The van der Waals surface area contributed by atoms with Crippen LogP contribution in [0.15, 0.2) is 47.4 Å². The van der Waals surface area contributed by atoms with Crippen LogP contribution in [0.3, 0.4) is 0 Å². The van der Waals surface area contributed by atoms with E-state index >= 15 is 0 Å². The van der Waals surface area contributed by atoms with Gasteiger partial charge in [0.05, 0.1) is 21.8 Å². The van der Waals surface area contributed by atoms with E-state index in [1.165, 1.54) is 24.3 Å². The average Bonchev–Trinajstić information content (AvgIpc) is 2.61. The van der Waals surface area contributed by atoms with Gasteiger partial charge >= 0.3 is 5.97 Å². The van der Waals surface area contributed by atoms with Gasteiger partial charge in [0.1, 0.15) is 5.82 Å². The zero-order valence-corrected chi connectivity index (χ0v) is 15.7. The number of aromatic carboxylic acids is 1. The van der Waals surface area contributed by atoms with Gasteiger partial charge in [0.25, 0.3) is 10.0 Å². The van der Waals surface area contributed by atoms with Crippen molar-refractivity contribution in [1.82, 2.24) is 0 Å². The molecule has 0 saturated carbocycles. The van der Waals surface area contributed by atoms with Crippen molar-refractivity contribution in [3.8, 4) is 0 Å². The van der Waals surface area contributed by atoms with Crippen LogP contribution in [-0.4, -0.2) is 32.6 Å². The van der Waals surface area contributed by atoms with Crippen LogP contribution >= 0.6 is 0 Å². The zero-order chi connectivity index (χ0) is 19.6. The van der Waals surface area contributed by atoms with Crippen molar-refractivity contribution >= 4 is 27.4 Å². The number of carboxylic acids is 1. The number of sulfonamides is 1. The second-order valence-corrected chi connectivity index (χ2v) is 8.47. The normalized spacial score (nSPS) is 17.6. The van der Waals surface area contributed by atoms with Gasteiger partial charge in [0, 0.05) is 13.1 Å². The summed E-state index contributed by atoms with van der Waals surface area (Å²) >= 11 is 0. The Morgan fingerprint density at radius 2 is 1.93 bits per heavy atom. The standard InChI is InChI=1S/C19H21FN2O4S/c1-13-3-2-10-22(12-13)18-9-4-14(19(23)24)11-17(18)21-27(25,26)16-7-5-15(20)6-8-16/h4-9,11,13,21H,2-3,10,12H2,1H3,(H,23,24)/t13-/m0/s1. The summed E-state index contributed by atoms with van der Waals surface area (Å²) in [4.78, 5) is 13.3. The van der Waals surface area contributed by atoms with Crippen molar-refractivity contribution in [1.29, 1.82) is 0 Å². The van der Waals surface area contributed by atoms with E-state index in [1.807, 2.05) is 0 Å². The minimum atomic E-state index is -3.98. The van der Waals surface area contributed by atoms with Crippen molar-refractivity contribution in [2.45, 2.75) is 24.7 Å². The van der Waals surface area contributed by atoms with Crippen LogP contribution < -0.4 is 9.62 Å². The summed E-state index contributed by atoms with van der Waals surface area (Å²) in [6.45, 7) is 3.65. The van der Waals surface area contributed by atoms with Crippen molar-refractivity contribution in [2.75, 3.05) is 22.7 Å². The topological polar surface area (TPSA) is 86.7 Å². The molecule has 1 atom stereocenters. The van der Waals surface area contributed by atoms with Gasteiger partial charge in [-0.3, -0.25) is 4.72 Å². The quantitative estimate of drug-likeness (QED) is 0.812. The third-order valence-electron chi connectivity index (χ3n) is 4.61. The summed E-state index contributed by atoms with van der Waals surface area (Å²) in [5.41, 5.74) is 0.825. The summed E-state index contributed by atoms with van der Waals surface area (Å²) in [5, 5.41) is 9.27. The second kappa shape index (κ2) is 7.56. The number of carboxylic acid groups (broad SMARTS) is 1. The molecule has 1 saturated heterocycles. The van der Waals surface area contributed by atoms with Crippen molar-refractivity contribution in [2.24, 2.45) is 5.92 Å². The van der Waals surface area contributed by atoms with Gasteiger partial charge in [-0.05, 0) is 61.2 Å². The third-order valence-corrected chi connectivity index (χ3v) is 5.99. The minimum absolute atomic E-state index is 0.0133. The predicted molar refractivity (Wildman–Crippen MR) is 101 cm³/mol. The average molecular weight is 392 g/mol. The van der Waals surface area contributed by atoms with Gasteiger partial charge in [0.15, 0.2) is 0 Å². The maximum absolute atomic E-state index is 13.1. The zero-order valence-electron chi connectivity index (χ0n) is 14.9. The molecule has 0 unspecified atom stereocenters. The highest BCUT2D eigenvalue weighted by Gasteiger charge is 2.23. The molecule has 27 heavy (non-hydrogen) atoms. The first-order valence-corrected chi connectivity index (χ1v) is 10.2. The van der Waals surface area contributed by atoms with Gasteiger partial charge in [-0.1, -0.05) is 6.92 Å². The molecule has 0 bridgehead atoms. The molecule has 2 N–H and O–H groups in total. The van der Waals surface area contributed by atoms with E-state index in [1.54, 1.807) is 6.07 Å². The first-order chi connectivity index (χ1) is 12.8. The first kappa shape index (κ1) is 19.2. The highest BCUT2D eigenvalue weighted by Crippen LogP contribution is 2.32. The van der Waals surface area contributed by atoms with Crippen molar-refractivity contribution in [3.05, 3.63) is 53.8 Å². The maximum Gasteiger partial charge on any atom is 0.335 e. The van der Waals surface area contributed by atoms with E-state index in [9.17, 15) is 22.7 Å². The van der Waals surface area contributed by atoms with E-state index in [2.05, 4.69) is 16.5 Å². The van der Waals surface area contributed by atoms with Crippen LogP contribution in [0.1, 0.15) is 30.1 Å². The molecular weight excluding hydrogens is 371 g/mol. The number of rotatable bonds is 5. The molecule has 8 heteroatoms. The van der Waals surface area contributed by atoms with E-state index < -0.39 is 21.8 Å². The van der Waals surface area contributed by atoms with Gasteiger partial charge in [0.2, 0.25) is 0 Å². The molecule has 1 fully saturated rings. The molecule has 6 nitrogen and oxygen atoms in total. The lowest BCUT2D eigenvalue weighted by Crippen LogP contribution is -2.35. The molecule has 144 valence electrons. The predicted octanol–water partition coefficient (Wildman–Crippen LogP) is 3.56. The molecule has 1 aliphatic rings. The first-order valence-electron chi connectivity index (χ1n) is 8.67. The molecule has 3 rings (SSSR count). The monoisotopic (exact) mass is 392 g/mol. The fourth-order valence-electron chi connectivity index (χ4n) is 3.25. The SMILES string of the molecule is C[C@H]1CCCN(c2ccc(C(=O)O)cc2NS(=O)(=O)c2ccc(F)cc2)C1. The molecule has 0 aliphatic carbocycles. The summed E-state index contributed by atoms with van der Waals surface area (Å²) in [7, 11) is -3.98. The molecule has 0 amide bonds. The smallest absolute Gasteiger partial charge is 0.335 e. The summed E-state index contributed by atoms with van der Waals surface area (Å²) in [5.74, 6) is -1.22. The maximum atomic E-state index is 13.1. The third kappa shape index (κ3) is 4.39. The van der Waals surface area contributed by atoms with Crippen LogP contribution in [0, 0.1) is 11.7 Å². The van der Waals surface area contributed by atoms with Crippen molar-refractivity contribution < 1.29 is 22.7 Å². The highest BCUT2D eigenvalue weighted by molar-refractivity contribution is 7.92. The van der Waals surface area contributed by atoms with E-state index in [0.717, 1.165) is 38.1 Å². The lowest BCUT2D eigenvalue weighted by atomic mass is 9.99. The van der Waals surface area contributed by atoms with Gasteiger partial charge < -0.3 is 10.0 Å². The number of piperidine rings is 1. The molecule has 0 aromatic heterocycles. The van der Waals surface area contributed by atoms with Crippen LogP contribution in [0.5, 0.6) is 0 Å². The van der Waals surface area contributed by atoms with Gasteiger partial charge in [-0.15, -0.1) is 0 Å². The minimum Gasteiger partial charge on any atom is -0.478 e. The molecule has 0 radical (unpaired) electrons. The number of halogens is 1. The van der Waals surface area contributed by atoms with E-state index in [-0.39, 0.29) is 16.1 Å². The van der Waals surface area contributed by atoms with Crippen molar-refractivity contribution in [3.63, 3.8) is 0 Å². The Kier molecular flexibility index (Phi) is 5.36. The van der Waals surface area contributed by atoms with Crippen LogP contribution in [-0.2, 0) is 10.0 Å². The highest BCUT2D eigenvalue weighted by atomic mass is 32.2. The summed E-state index contributed by atoms with van der Waals surface area (Å²) < 4.78 is 41.0. The molecule has 1 heterocycles. The number of nitrogens with one attached hydrogen (secondary N) is 1. The van der Waals surface area contributed by atoms with Crippen LogP contribution in [0.25, 0.3) is 0 Å². The van der Waals surface area contributed by atoms with Crippen LogP contribution in [0.2, 0.25) is 0 Å². The number of hydrogen-bond donors (Lipinski definition) is 2. The van der Waals surface area contributed by atoms with Gasteiger partial charge in [-0.25, -0.2) is 17.6 Å². The lowest BCUT2D eigenvalue weighted by molar-refractivity contribution is 0.0697. The Morgan fingerprint density at radius 3 is 2.56 bits per heavy atom. The van der Waals surface area contributed by atoms with E-state index in [0.29, 0.717) is 11.6 Å². The summed E-state index contributed by atoms with van der Waals surface area (Å²) in [6.07, 6.45) is 2.08. The number of nitrogens with zero attached hydrogens (tertiary/aromatic N) is 1. The summed E-state index contributed by atoms with van der Waals surface area (Å²) in [6, 6.07) is 8.88. The molecular formula is C19H21FN2O4S.